The molecule has 31 heavy (non-hydrogen) atoms. The molecule has 1 aliphatic carbocycles. The van der Waals surface area contributed by atoms with Gasteiger partial charge in [0.2, 0.25) is 0 Å². The second kappa shape index (κ2) is 8.75. The number of hydrogen-bond acceptors (Lipinski definition) is 4. The van der Waals surface area contributed by atoms with Gasteiger partial charge in [0.1, 0.15) is 5.82 Å². The fourth-order valence-corrected chi connectivity index (χ4v) is 5.31. The van der Waals surface area contributed by atoms with E-state index in [2.05, 4.69) is 34.7 Å². The van der Waals surface area contributed by atoms with Crippen molar-refractivity contribution in [2.75, 3.05) is 33.1 Å². The Morgan fingerprint density at radius 3 is 2.68 bits per heavy atom. The van der Waals surface area contributed by atoms with Gasteiger partial charge in [0, 0.05) is 23.2 Å². The third-order valence-corrected chi connectivity index (χ3v) is 6.90. The number of benzene rings is 2. The number of carbonyl (C=O) groups is 1. The summed E-state index contributed by atoms with van der Waals surface area (Å²) in [4.78, 5) is 14.9. The number of methoxy groups -OCH3 is 2. The van der Waals surface area contributed by atoms with Gasteiger partial charge in [-0.3, -0.25) is 0 Å². The van der Waals surface area contributed by atoms with Crippen molar-refractivity contribution in [2.45, 2.75) is 43.2 Å². The largest absolute Gasteiger partial charge is 0.493 e. The first-order valence-corrected chi connectivity index (χ1v) is 10.7. The zero-order valence-corrected chi connectivity index (χ0v) is 18.3. The molecule has 1 saturated heterocycles. The van der Waals surface area contributed by atoms with Crippen LogP contribution < -0.4 is 20.1 Å². The van der Waals surface area contributed by atoms with Crippen LogP contribution in [0.25, 0.3) is 0 Å². The summed E-state index contributed by atoms with van der Waals surface area (Å²) in [5, 5.41) is 5.82. The fraction of sp³-hybridized carbons (Fsp3) is 0.458. The molecule has 2 aromatic carbocycles. The molecule has 0 spiro atoms. The van der Waals surface area contributed by atoms with Gasteiger partial charge in [-0.2, -0.15) is 0 Å². The van der Waals surface area contributed by atoms with Crippen LogP contribution in [0.4, 0.5) is 14.9 Å². The van der Waals surface area contributed by atoms with Crippen molar-refractivity contribution in [3.05, 3.63) is 53.8 Å². The number of likely N-dealkylation sites (tertiary alicyclic amines) is 1. The molecule has 3 atom stereocenters. The number of anilines is 1. The molecular weight excluding hydrogens is 397 g/mol. The molecule has 166 valence electrons. The number of likely N-dealkylation sites (N-methyl/N-ethyl adjacent to an activating group) is 1. The number of nitrogens with one attached hydrogen (secondary N) is 2. The number of urea groups is 1. The van der Waals surface area contributed by atoms with E-state index >= 15 is 0 Å². The molecule has 2 amide bonds. The van der Waals surface area contributed by atoms with Crippen LogP contribution in [-0.2, 0) is 5.41 Å². The number of ether oxygens (including phenoxy) is 2. The minimum Gasteiger partial charge on any atom is -0.493 e. The third kappa shape index (κ3) is 4.19. The second-order valence-electron chi connectivity index (χ2n) is 8.55. The Bertz CT molecular complexity index is 953. The van der Waals surface area contributed by atoms with Crippen molar-refractivity contribution in [3.63, 3.8) is 0 Å². The molecule has 0 bridgehead atoms. The van der Waals surface area contributed by atoms with Crippen LogP contribution in [0.5, 0.6) is 11.5 Å². The van der Waals surface area contributed by atoms with Gasteiger partial charge >= 0.3 is 6.03 Å². The number of halogens is 1. The lowest BCUT2D eigenvalue weighted by Crippen LogP contribution is -2.52. The molecule has 1 aliphatic heterocycles. The van der Waals surface area contributed by atoms with E-state index in [1.807, 2.05) is 6.07 Å². The third-order valence-electron chi connectivity index (χ3n) is 6.90. The van der Waals surface area contributed by atoms with Gasteiger partial charge in [0.15, 0.2) is 11.5 Å². The van der Waals surface area contributed by atoms with Gasteiger partial charge < -0.3 is 25.0 Å². The van der Waals surface area contributed by atoms with E-state index in [0.29, 0.717) is 11.7 Å². The normalized spacial score (nSPS) is 25.5. The molecular formula is C24H30FN3O3. The molecule has 2 fully saturated rings. The van der Waals surface area contributed by atoms with Crippen molar-refractivity contribution in [3.8, 4) is 11.5 Å². The summed E-state index contributed by atoms with van der Waals surface area (Å²) in [5.74, 6) is 1.11. The first-order valence-electron chi connectivity index (χ1n) is 10.7. The number of fused-ring (bicyclic) bond motifs is 1. The molecule has 2 aliphatic rings. The zero-order valence-electron chi connectivity index (χ0n) is 18.3. The Hall–Kier alpha value is -2.80. The molecule has 4 rings (SSSR count). The summed E-state index contributed by atoms with van der Waals surface area (Å²) in [6.45, 7) is 1.02. The highest BCUT2D eigenvalue weighted by atomic mass is 19.1. The first-order chi connectivity index (χ1) is 14.9. The number of amides is 2. The van der Waals surface area contributed by atoms with Gasteiger partial charge in [-0.15, -0.1) is 0 Å². The van der Waals surface area contributed by atoms with Crippen molar-refractivity contribution in [2.24, 2.45) is 0 Å². The van der Waals surface area contributed by atoms with E-state index in [0.717, 1.165) is 43.7 Å². The monoisotopic (exact) mass is 427 g/mol. The van der Waals surface area contributed by atoms with Gasteiger partial charge in [-0.25, -0.2) is 9.18 Å². The van der Waals surface area contributed by atoms with E-state index < -0.39 is 0 Å². The molecule has 0 radical (unpaired) electrons. The SMILES string of the molecule is COc1ccc([C@@]23CC[C@@H](NC(=O)Nc4cccc(F)c4)C[C@@H]2N(C)CC3)cc1OC. The predicted octanol–water partition coefficient (Wildman–Crippen LogP) is 4.16. The summed E-state index contributed by atoms with van der Waals surface area (Å²) in [5.41, 5.74) is 1.75. The van der Waals surface area contributed by atoms with Gasteiger partial charge in [0.05, 0.1) is 14.2 Å². The van der Waals surface area contributed by atoms with Gasteiger partial charge in [-0.1, -0.05) is 12.1 Å². The lowest BCUT2D eigenvalue weighted by Gasteiger charge is -2.45. The minimum absolute atomic E-state index is 0.0333. The molecule has 6 nitrogen and oxygen atoms in total. The Morgan fingerprint density at radius 1 is 1.13 bits per heavy atom. The van der Waals surface area contributed by atoms with Gasteiger partial charge in [-0.05, 0) is 75.2 Å². The van der Waals surface area contributed by atoms with Crippen molar-refractivity contribution >= 4 is 11.7 Å². The Labute approximate surface area is 182 Å². The van der Waals surface area contributed by atoms with Crippen molar-refractivity contribution in [1.82, 2.24) is 10.2 Å². The predicted molar refractivity (Wildman–Crippen MR) is 118 cm³/mol. The first kappa shape index (κ1) is 21.4. The molecule has 0 aromatic heterocycles. The summed E-state index contributed by atoms with van der Waals surface area (Å²) in [7, 11) is 5.46. The highest BCUT2D eigenvalue weighted by molar-refractivity contribution is 5.89. The average molecular weight is 428 g/mol. The van der Waals surface area contributed by atoms with Crippen LogP contribution in [0.15, 0.2) is 42.5 Å². The van der Waals surface area contributed by atoms with E-state index in [1.165, 1.54) is 17.7 Å². The lowest BCUT2D eigenvalue weighted by molar-refractivity contribution is 0.156. The summed E-state index contributed by atoms with van der Waals surface area (Å²) < 4.78 is 24.3. The van der Waals surface area contributed by atoms with E-state index in [1.54, 1.807) is 26.4 Å². The summed E-state index contributed by atoms with van der Waals surface area (Å²) in [6, 6.07) is 12.2. The second-order valence-corrected chi connectivity index (χ2v) is 8.55. The average Bonchev–Trinajstić information content (AvgIpc) is 3.10. The van der Waals surface area contributed by atoms with Crippen LogP contribution in [0.2, 0.25) is 0 Å². The van der Waals surface area contributed by atoms with Crippen molar-refractivity contribution in [1.29, 1.82) is 0 Å². The molecule has 7 heteroatoms. The summed E-state index contributed by atoms with van der Waals surface area (Å²) >= 11 is 0. The van der Waals surface area contributed by atoms with E-state index in [9.17, 15) is 9.18 Å². The molecule has 1 heterocycles. The van der Waals surface area contributed by atoms with Crippen LogP contribution in [0, 0.1) is 5.82 Å². The maximum absolute atomic E-state index is 13.4. The van der Waals surface area contributed by atoms with Gasteiger partial charge in [0.25, 0.3) is 0 Å². The minimum atomic E-state index is -0.372. The lowest BCUT2D eigenvalue weighted by atomic mass is 9.65. The smallest absolute Gasteiger partial charge is 0.319 e. The van der Waals surface area contributed by atoms with E-state index in [4.69, 9.17) is 9.47 Å². The summed E-state index contributed by atoms with van der Waals surface area (Å²) in [6.07, 6.45) is 3.80. The number of hydrogen-bond donors (Lipinski definition) is 2. The topological polar surface area (TPSA) is 62.8 Å². The van der Waals surface area contributed by atoms with Crippen LogP contribution in [0.1, 0.15) is 31.2 Å². The number of nitrogens with zero attached hydrogens (tertiary/aromatic N) is 1. The highest BCUT2D eigenvalue weighted by Crippen LogP contribution is 2.49. The molecule has 2 N–H and O–H groups in total. The van der Waals surface area contributed by atoms with Crippen molar-refractivity contribution < 1.29 is 18.7 Å². The van der Waals surface area contributed by atoms with Crippen LogP contribution in [-0.4, -0.2) is 50.8 Å². The Balaban J connectivity index is 1.48. The maximum Gasteiger partial charge on any atom is 0.319 e. The highest BCUT2D eigenvalue weighted by Gasteiger charge is 2.50. The fourth-order valence-electron chi connectivity index (χ4n) is 5.31. The maximum atomic E-state index is 13.4. The zero-order chi connectivity index (χ0) is 22.0. The van der Waals surface area contributed by atoms with Crippen LogP contribution in [0.3, 0.4) is 0 Å². The molecule has 2 aromatic rings. The Morgan fingerprint density at radius 2 is 1.94 bits per heavy atom. The number of rotatable bonds is 5. The number of carbonyl (C=O) groups excluding carboxylic acids is 1. The molecule has 1 saturated carbocycles. The standard InChI is InChI=1S/C24H30FN3O3/c1-28-12-11-24(16-7-8-20(30-2)21(13-16)31-3)10-9-19(15-22(24)28)27-23(29)26-18-6-4-5-17(25)14-18/h4-8,13-14,19,22H,9-12,15H2,1-3H3,(H2,26,27,29)/t19-,22+,24+/m1/s1. The quantitative estimate of drug-likeness (QED) is 0.752. The van der Waals surface area contributed by atoms with Crippen LogP contribution >= 0.6 is 0 Å². The van der Waals surface area contributed by atoms with E-state index in [-0.39, 0.29) is 23.3 Å². The Kier molecular flexibility index (Phi) is 6.05. The molecule has 0 unspecified atom stereocenters.